The number of hydrogen-bond acceptors (Lipinski definition) is 2. The van der Waals surface area contributed by atoms with Gasteiger partial charge < -0.3 is 5.11 Å². The molecule has 18 heavy (non-hydrogen) atoms. The predicted octanol–water partition coefficient (Wildman–Crippen LogP) is 3.09. The van der Waals surface area contributed by atoms with Crippen molar-refractivity contribution in [2.24, 2.45) is 5.92 Å². The first-order valence-corrected chi connectivity index (χ1v) is 7.55. The zero-order valence-corrected chi connectivity index (χ0v) is 11.1. The Hall–Kier alpha value is -0.830. The Labute approximate surface area is 109 Å². The van der Waals surface area contributed by atoms with Gasteiger partial charge in [0.2, 0.25) is 0 Å². The lowest BCUT2D eigenvalue weighted by molar-refractivity contribution is 0.0620. The summed E-state index contributed by atoms with van der Waals surface area (Å²) in [6, 6.07) is 2.70. The summed E-state index contributed by atoms with van der Waals surface area (Å²) in [6.45, 7) is 0. The molecule has 0 amide bonds. The number of aliphatic hydroxyl groups is 1. The van der Waals surface area contributed by atoms with Crippen molar-refractivity contribution in [2.75, 3.05) is 0 Å². The van der Waals surface area contributed by atoms with Crippen molar-refractivity contribution in [3.63, 3.8) is 0 Å². The van der Waals surface area contributed by atoms with Crippen molar-refractivity contribution in [3.05, 3.63) is 18.0 Å². The van der Waals surface area contributed by atoms with Crippen LogP contribution in [0.1, 0.15) is 63.1 Å². The van der Waals surface area contributed by atoms with E-state index < -0.39 is 0 Å². The van der Waals surface area contributed by atoms with Crippen LogP contribution in [-0.4, -0.2) is 21.0 Å². The molecule has 0 radical (unpaired) electrons. The van der Waals surface area contributed by atoms with Gasteiger partial charge in [-0.1, -0.05) is 25.7 Å². The molecule has 1 atom stereocenters. The second kappa shape index (κ2) is 5.43. The number of nitrogens with zero attached hydrogens (tertiary/aromatic N) is 2. The van der Waals surface area contributed by atoms with E-state index in [4.69, 9.17) is 0 Å². The Kier molecular flexibility index (Phi) is 3.69. The minimum atomic E-state index is -0.173. The number of rotatable bonds is 4. The van der Waals surface area contributed by atoms with Crippen molar-refractivity contribution >= 4 is 0 Å². The molecule has 0 saturated heterocycles. The Bertz CT molecular complexity index is 378. The largest absolute Gasteiger partial charge is 0.392 e. The summed E-state index contributed by atoms with van der Waals surface area (Å²) in [4.78, 5) is 0. The van der Waals surface area contributed by atoms with E-state index in [2.05, 4.69) is 22.0 Å². The quantitative estimate of drug-likeness (QED) is 0.889. The summed E-state index contributed by atoms with van der Waals surface area (Å²) in [7, 11) is 0. The Morgan fingerprint density at radius 1 is 1.17 bits per heavy atom. The van der Waals surface area contributed by atoms with Gasteiger partial charge in [-0.2, -0.15) is 5.10 Å². The molecule has 2 aliphatic rings. The summed E-state index contributed by atoms with van der Waals surface area (Å²) >= 11 is 0. The van der Waals surface area contributed by atoms with Gasteiger partial charge in [0.1, 0.15) is 0 Å². The topological polar surface area (TPSA) is 38.0 Å². The summed E-state index contributed by atoms with van der Waals surface area (Å²) in [6.07, 6.45) is 13.0. The molecular weight excluding hydrogens is 224 g/mol. The van der Waals surface area contributed by atoms with Gasteiger partial charge in [0.05, 0.1) is 17.8 Å². The lowest BCUT2D eigenvalue weighted by Gasteiger charge is -2.29. The van der Waals surface area contributed by atoms with Crippen LogP contribution in [0.2, 0.25) is 0 Å². The minimum absolute atomic E-state index is 0.173. The van der Waals surface area contributed by atoms with E-state index >= 15 is 0 Å². The maximum absolute atomic E-state index is 10.1. The maximum Gasteiger partial charge on any atom is 0.0650 e. The highest BCUT2D eigenvalue weighted by atomic mass is 16.3. The molecule has 2 aliphatic carbocycles. The van der Waals surface area contributed by atoms with E-state index in [1.165, 1.54) is 51.4 Å². The lowest BCUT2D eigenvalue weighted by atomic mass is 9.80. The van der Waals surface area contributed by atoms with E-state index in [-0.39, 0.29) is 6.10 Å². The number of aliphatic hydroxyl groups excluding tert-OH is 1. The molecule has 0 aliphatic heterocycles. The van der Waals surface area contributed by atoms with E-state index in [0.29, 0.717) is 12.0 Å². The molecule has 0 aromatic carbocycles. The maximum atomic E-state index is 10.1. The summed E-state index contributed by atoms with van der Waals surface area (Å²) in [5.74, 6) is 0.532. The molecule has 1 aromatic rings. The Morgan fingerprint density at radius 3 is 2.61 bits per heavy atom. The van der Waals surface area contributed by atoms with E-state index in [1.54, 1.807) is 0 Å². The van der Waals surface area contributed by atoms with Crippen LogP contribution in [0.4, 0.5) is 0 Å². The van der Waals surface area contributed by atoms with Crippen LogP contribution in [0.3, 0.4) is 0 Å². The zero-order chi connectivity index (χ0) is 12.4. The van der Waals surface area contributed by atoms with Crippen molar-refractivity contribution in [2.45, 2.75) is 69.9 Å². The van der Waals surface area contributed by atoms with Gasteiger partial charge in [-0.25, -0.2) is 0 Å². The molecule has 2 fully saturated rings. The smallest absolute Gasteiger partial charge is 0.0650 e. The van der Waals surface area contributed by atoms with Gasteiger partial charge >= 0.3 is 0 Å². The van der Waals surface area contributed by atoms with E-state index in [1.807, 2.05) is 0 Å². The van der Waals surface area contributed by atoms with E-state index in [9.17, 15) is 5.11 Å². The molecular formula is C15H24N2O. The van der Waals surface area contributed by atoms with Crippen LogP contribution in [0.5, 0.6) is 0 Å². The molecule has 1 N–H and O–H groups in total. The fraction of sp³-hybridized carbons (Fsp3) is 0.800. The molecule has 2 saturated carbocycles. The van der Waals surface area contributed by atoms with Crippen molar-refractivity contribution in [1.82, 2.24) is 9.78 Å². The first-order valence-electron chi connectivity index (χ1n) is 7.55. The van der Waals surface area contributed by atoms with Gasteiger partial charge in [-0.05, 0) is 37.7 Å². The molecule has 0 bridgehead atoms. The van der Waals surface area contributed by atoms with Crippen LogP contribution < -0.4 is 0 Å². The molecule has 3 rings (SSSR count). The number of hydrogen-bond donors (Lipinski definition) is 1. The summed E-state index contributed by atoms with van der Waals surface area (Å²) < 4.78 is 2.14. The van der Waals surface area contributed by atoms with Gasteiger partial charge in [0, 0.05) is 12.6 Å². The third kappa shape index (κ3) is 2.61. The first-order chi connectivity index (χ1) is 8.83. The van der Waals surface area contributed by atoms with Gasteiger partial charge in [-0.15, -0.1) is 0 Å². The lowest BCUT2D eigenvalue weighted by Crippen LogP contribution is -2.28. The van der Waals surface area contributed by atoms with Crippen molar-refractivity contribution < 1.29 is 5.11 Å². The highest BCUT2D eigenvalue weighted by Gasteiger charge is 2.26. The fourth-order valence-electron chi connectivity index (χ4n) is 3.24. The second-order valence-electron chi connectivity index (χ2n) is 6.04. The normalized spacial score (nSPS) is 23.8. The fourth-order valence-corrected chi connectivity index (χ4v) is 3.24. The molecule has 1 unspecified atom stereocenters. The standard InChI is InChI=1S/C15H24N2O/c18-15(12-5-4-6-12)11-13-9-10-17(16-13)14-7-2-1-3-8-14/h9-10,12,14-15,18H,1-8,11H2. The van der Waals surface area contributed by atoms with Gasteiger partial charge in [0.15, 0.2) is 0 Å². The Morgan fingerprint density at radius 2 is 1.94 bits per heavy atom. The highest BCUT2D eigenvalue weighted by molar-refractivity contribution is 5.02. The van der Waals surface area contributed by atoms with Crippen molar-refractivity contribution in [1.29, 1.82) is 0 Å². The average Bonchev–Trinajstić information content (AvgIpc) is 2.76. The van der Waals surface area contributed by atoms with Crippen molar-refractivity contribution in [3.8, 4) is 0 Å². The van der Waals surface area contributed by atoms with E-state index in [0.717, 1.165) is 12.1 Å². The van der Waals surface area contributed by atoms with Crippen LogP contribution in [0.15, 0.2) is 12.3 Å². The molecule has 100 valence electrons. The third-order valence-electron chi connectivity index (χ3n) is 4.72. The SMILES string of the molecule is OC(Cc1ccn(C2CCCCC2)n1)C1CCC1. The van der Waals surface area contributed by atoms with Crippen LogP contribution in [0.25, 0.3) is 0 Å². The van der Waals surface area contributed by atoms with Crippen LogP contribution >= 0.6 is 0 Å². The molecule has 3 heteroatoms. The second-order valence-corrected chi connectivity index (χ2v) is 6.04. The first kappa shape index (κ1) is 12.2. The third-order valence-corrected chi connectivity index (χ3v) is 4.72. The average molecular weight is 248 g/mol. The molecule has 3 nitrogen and oxygen atoms in total. The van der Waals surface area contributed by atoms with Gasteiger partial charge in [-0.3, -0.25) is 4.68 Å². The summed E-state index contributed by atoms with van der Waals surface area (Å²) in [5, 5.41) is 14.8. The highest BCUT2D eigenvalue weighted by Crippen LogP contribution is 2.31. The summed E-state index contributed by atoms with van der Waals surface area (Å²) in [5.41, 5.74) is 1.07. The molecule has 1 heterocycles. The molecule has 0 spiro atoms. The van der Waals surface area contributed by atoms with Gasteiger partial charge in [0.25, 0.3) is 0 Å². The van der Waals surface area contributed by atoms with Crippen LogP contribution in [0, 0.1) is 5.92 Å². The Balaban J connectivity index is 1.58. The minimum Gasteiger partial charge on any atom is -0.392 e. The zero-order valence-electron chi connectivity index (χ0n) is 11.1. The van der Waals surface area contributed by atoms with Crippen LogP contribution in [-0.2, 0) is 6.42 Å². The molecule has 1 aromatic heterocycles. The monoisotopic (exact) mass is 248 g/mol. The number of aromatic nitrogens is 2. The predicted molar refractivity (Wildman–Crippen MR) is 71.4 cm³/mol.